The molecule has 0 aliphatic heterocycles. The molecule has 4 nitrogen and oxygen atoms in total. The number of rotatable bonds is 3. The van der Waals surface area contributed by atoms with E-state index in [2.05, 4.69) is 10.7 Å². The Balaban J connectivity index is 2.34. The van der Waals surface area contributed by atoms with Crippen LogP contribution in [-0.4, -0.2) is 5.91 Å². The summed E-state index contributed by atoms with van der Waals surface area (Å²) in [6.07, 6.45) is 0. The number of benzene rings is 2. The van der Waals surface area contributed by atoms with Gasteiger partial charge in [-0.05, 0) is 24.3 Å². The minimum Gasteiger partial charge on any atom is -0.321 e. The van der Waals surface area contributed by atoms with E-state index >= 15 is 0 Å². The van der Waals surface area contributed by atoms with Gasteiger partial charge in [-0.25, -0.2) is 8.78 Å². The van der Waals surface area contributed by atoms with Crippen molar-refractivity contribution in [2.45, 2.75) is 0 Å². The topological polar surface area (TPSA) is 67.1 Å². The Labute approximate surface area is 118 Å². The van der Waals surface area contributed by atoms with Crippen LogP contribution in [0.25, 0.3) is 0 Å². The van der Waals surface area contributed by atoms with Crippen molar-refractivity contribution in [3.05, 3.63) is 58.6 Å². The van der Waals surface area contributed by atoms with Gasteiger partial charge in [0.1, 0.15) is 5.82 Å². The highest BCUT2D eigenvalue weighted by molar-refractivity contribution is 6.31. The summed E-state index contributed by atoms with van der Waals surface area (Å²) in [5.74, 6) is 3.01. The van der Waals surface area contributed by atoms with Gasteiger partial charge in [-0.3, -0.25) is 10.6 Å². The van der Waals surface area contributed by atoms with E-state index in [0.29, 0.717) is 0 Å². The number of halogens is 3. The van der Waals surface area contributed by atoms with Gasteiger partial charge in [-0.1, -0.05) is 23.7 Å². The predicted octanol–water partition coefficient (Wildman–Crippen LogP) is 3.16. The molecule has 2 rings (SSSR count). The molecular weight excluding hydrogens is 288 g/mol. The van der Waals surface area contributed by atoms with E-state index in [1.165, 1.54) is 30.3 Å². The van der Waals surface area contributed by atoms with Crippen LogP contribution < -0.4 is 16.6 Å². The average Bonchev–Trinajstić information content (AvgIpc) is 2.43. The third-order valence-electron chi connectivity index (χ3n) is 2.60. The number of nitrogens with one attached hydrogen (secondary N) is 2. The van der Waals surface area contributed by atoms with Gasteiger partial charge in [0.2, 0.25) is 0 Å². The second kappa shape index (κ2) is 5.85. The van der Waals surface area contributed by atoms with Crippen LogP contribution in [-0.2, 0) is 0 Å². The lowest BCUT2D eigenvalue weighted by molar-refractivity contribution is 0.102. The summed E-state index contributed by atoms with van der Waals surface area (Å²) >= 11 is 5.61. The lowest BCUT2D eigenvalue weighted by atomic mass is 10.1. The zero-order chi connectivity index (χ0) is 14.7. The lowest BCUT2D eigenvalue weighted by Crippen LogP contribution is -2.19. The Morgan fingerprint density at radius 2 is 1.85 bits per heavy atom. The summed E-state index contributed by atoms with van der Waals surface area (Å²) in [4.78, 5) is 12.0. The SMILES string of the molecule is NNc1c(F)cccc1C(=O)Nc1cccc(Cl)c1F. The number of hydrogen-bond donors (Lipinski definition) is 3. The van der Waals surface area contributed by atoms with E-state index in [4.69, 9.17) is 17.4 Å². The molecule has 0 aliphatic rings. The molecule has 104 valence electrons. The zero-order valence-electron chi connectivity index (χ0n) is 10.1. The molecule has 0 fully saturated rings. The molecule has 0 atom stereocenters. The first kappa shape index (κ1) is 14.2. The van der Waals surface area contributed by atoms with Gasteiger partial charge in [0.05, 0.1) is 22.0 Å². The lowest BCUT2D eigenvalue weighted by Gasteiger charge is -2.11. The van der Waals surface area contributed by atoms with Crippen LogP contribution in [0, 0.1) is 11.6 Å². The molecule has 1 amide bonds. The summed E-state index contributed by atoms with van der Waals surface area (Å²) in [6, 6.07) is 8.02. The molecule has 0 heterocycles. The normalized spacial score (nSPS) is 10.2. The maximum absolute atomic E-state index is 13.7. The highest BCUT2D eigenvalue weighted by Gasteiger charge is 2.16. The van der Waals surface area contributed by atoms with E-state index in [1.807, 2.05) is 0 Å². The third-order valence-corrected chi connectivity index (χ3v) is 2.89. The molecule has 0 aromatic heterocycles. The van der Waals surface area contributed by atoms with E-state index in [-0.39, 0.29) is 22.0 Å². The molecule has 0 saturated carbocycles. The van der Waals surface area contributed by atoms with Crippen LogP contribution in [0.15, 0.2) is 36.4 Å². The minimum absolute atomic E-state index is 0.0492. The highest BCUT2D eigenvalue weighted by Crippen LogP contribution is 2.24. The number of carbonyl (C=O) groups is 1. The Morgan fingerprint density at radius 3 is 2.55 bits per heavy atom. The Morgan fingerprint density at radius 1 is 1.15 bits per heavy atom. The summed E-state index contributed by atoms with van der Waals surface area (Å²) < 4.78 is 27.2. The fourth-order valence-corrected chi connectivity index (χ4v) is 1.82. The molecule has 7 heteroatoms. The van der Waals surface area contributed by atoms with Crippen LogP contribution in [0.5, 0.6) is 0 Å². The van der Waals surface area contributed by atoms with Crippen LogP contribution >= 0.6 is 11.6 Å². The molecule has 4 N–H and O–H groups in total. The maximum Gasteiger partial charge on any atom is 0.258 e. The van der Waals surface area contributed by atoms with E-state index in [0.717, 1.165) is 6.07 Å². The van der Waals surface area contributed by atoms with Crippen molar-refractivity contribution in [3.8, 4) is 0 Å². The van der Waals surface area contributed by atoms with Crippen molar-refractivity contribution in [2.75, 3.05) is 10.7 Å². The van der Waals surface area contributed by atoms with E-state index in [9.17, 15) is 13.6 Å². The third kappa shape index (κ3) is 2.71. The van der Waals surface area contributed by atoms with Crippen molar-refractivity contribution < 1.29 is 13.6 Å². The molecule has 2 aromatic rings. The number of hydrogen-bond acceptors (Lipinski definition) is 3. The van der Waals surface area contributed by atoms with Gasteiger partial charge in [0, 0.05) is 0 Å². The predicted molar refractivity (Wildman–Crippen MR) is 73.6 cm³/mol. The first-order valence-corrected chi connectivity index (χ1v) is 5.93. The second-order valence-electron chi connectivity index (χ2n) is 3.86. The Hall–Kier alpha value is -2.18. The first-order valence-electron chi connectivity index (χ1n) is 5.55. The Kier molecular flexibility index (Phi) is 4.16. The number of amides is 1. The summed E-state index contributed by atoms with van der Waals surface area (Å²) in [6.45, 7) is 0. The van der Waals surface area contributed by atoms with Gasteiger partial charge in [0.15, 0.2) is 5.82 Å². The number of nitrogen functional groups attached to an aromatic ring is 1. The van der Waals surface area contributed by atoms with Crippen LogP contribution in [0.1, 0.15) is 10.4 Å². The standard InChI is InChI=1S/C13H10ClF2N3O/c14-8-4-2-6-10(11(8)16)18-13(20)7-3-1-5-9(15)12(7)19-17/h1-6,19H,17H2,(H,18,20). The van der Waals surface area contributed by atoms with Crippen molar-refractivity contribution in [2.24, 2.45) is 5.84 Å². The van der Waals surface area contributed by atoms with Crippen LogP contribution in [0.2, 0.25) is 5.02 Å². The number of hydrazine groups is 1. The van der Waals surface area contributed by atoms with Gasteiger partial charge in [-0.15, -0.1) is 0 Å². The van der Waals surface area contributed by atoms with E-state index < -0.39 is 17.5 Å². The van der Waals surface area contributed by atoms with Crippen LogP contribution in [0.4, 0.5) is 20.2 Å². The number of nitrogens with two attached hydrogens (primary N) is 1. The quantitative estimate of drug-likeness (QED) is 0.602. The number of carbonyl (C=O) groups excluding carboxylic acids is 1. The first-order chi connectivity index (χ1) is 9.54. The molecule has 0 unspecified atom stereocenters. The average molecular weight is 298 g/mol. The van der Waals surface area contributed by atoms with Crippen molar-refractivity contribution in [1.82, 2.24) is 0 Å². The van der Waals surface area contributed by atoms with Gasteiger partial charge >= 0.3 is 0 Å². The maximum atomic E-state index is 13.7. The number of anilines is 2. The molecule has 0 spiro atoms. The summed E-state index contributed by atoms with van der Waals surface area (Å²) in [5, 5.41) is 2.18. The Bertz CT molecular complexity index is 664. The van der Waals surface area contributed by atoms with Gasteiger partial charge < -0.3 is 10.7 Å². The van der Waals surface area contributed by atoms with Crippen molar-refractivity contribution >= 4 is 28.9 Å². The van der Waals surface area contributed by atoms with Crippen LogP contribution in [0.3, 0.4) is 0 Å². The molecule has 0 radical (unpaired) electrons. The minimum atomic E-state index is -0.763. The second-order valence-corrected chi connectivity index (χ2v) is 4.27. The fourth-order valence-electron chi connectivity index (χ4n) is 1.65. The van der Waals surface area contributed by atoms with Crippen molar-refractivity contribution in [3.63, 3.8) is 0 Å². The monoisotopic (exact) mass is 297 g/mol. The zero-order valence-corrected chi connectivity index (χ0v) is 10.8. The van der Waals surface area contributed by atoms with E-state index in [1.54, 1.807) is 0 Å². The molecule has 2 aromatic carbocycles. The fraction of sp³-hybridized carbons (Fsp3) is 0. The highest BCUT2D eigenvalue weighted by atomic mass is 35.5. The molecule has 0 saturated heterocycles. The largest absolute Gasteiger partial charge is 0.321 e. The smallest absolute Gasteiger partial charge is 0.258 e. The van der Waals surface area contributed by atoms with Crippen molar-refractivity contribution in [1.29, 1.82) is 0 Å². The molecule has 20 heavy (non-hydrogen) atoms. The number of para-hydroxylation sites is 1. The van der Waals surface area contributed by atoms with Gasteiger partial charge in [0.25, 0.3) is 5.91 Å². The summed E-state index contributed by atoms with van der Waals surface area (Å²) in [5.41, 5.74) is 1.78. The van der Waals surface area contributed by atoms with Gasteiger partial charge in [-0.2, -0.15) is 0 Å². The molecule has 0 aliphatic carbocycles. The molecule has 0 bridgehead atoms. The summed E-state index contributed by atoms with van der Waals surface area (Å²) in [7, 11) is 0. The molecular formula is C13H10ClF2N3O.